The average Bonchev–Trinajstić information content (AvgIpc) is 3.52. The summed E-state index contributed by atoms with van der Waals surface area (Å²) in [6.45, 7) is 2.99. The predicted octanol–water partition coefficient (Wildman–Crippen LogP) is 2.33. The fourth-order valence-electron chi connectivity index (χ4n) is 5.12. The summed E-state index contributed by atoms with van der Waals surface area (Å²) < 4.78 is 16.4. The molecule has 0 aliphatic carbocycles. The third-order valence-corrected chi connectivity index (χ3v) is 6.93. The van der Waals surface area contributed by atoms with Crippen molar-refractivity contribution in [3.63, 3.8) is 0 Å². The van der Waals surface area contributed by atoms with E-state index < -0.39 is 0 Å². The van der Waals surface area contributed by atoms with Gasteiger partial charge in [0, 0.05) is 38.3 Å². The van der Waals surface area contributed by atoms with Gasteiger partial charge in [0.15, 0.2) is 11.5 Å². The number of ether oxygens (including phenoxy) is 3. The number of para-hydroxylation sites is 1. The topological polar surface area (TPSA) is 88.6 Å². The first-order chi connectivity index (χ1) is 17.0. The third-order valence-electron chi connectivity index (χ3n) is 6.93. The number of amides is 3. The molecule has 2 aromatic carbocycles. The van der Waals surface area contributed by atoms with Crippen molar-refractivity contribution in [3.05, 3.63) is 53.1 Å². The van der Waals surface area contributed by atoms with E-state index in [9.17, 15) is 14.4 Å². The van der Waals surface area contributed by atoms with Gasteiger partial charge in [-0.15, -0.1) is 0 Å². The molecular formula is C26H29N3O6. The van der Waals surface area contributed by atoms with Crippen LogP contribution in [-0.4, -0.2) is 80.6 Å². The molecule has 2 fully saturated rings. The fraction of sp³-hybridized carbons (Fsp3) is 0.423. The normalized spacial score (nSPS) is 19.8. The van der Waals surface area contributed by atoms with Gasteiger partial charge in [-0.3, -0.25) is 19.3 Å². The Bertz CT molecular complexity index is 1150. The van der Waals surface area contributed by atoms with Gasteiger partial charge in [0.25, 0.3) is 17.7 Å². The zero-order chi connectivity index (χ0) is 24.5. The zero-order valence-corrected chi connectivity index (χ0v) is 20.0. The van der Waals surface area contributed by atoms with E-state index in [1.165, 1.54) is 12.0 Å². The lowest BCUT2D eigenvalue weighted by atomic mass is 10.1. The number of benzene rings is 2. The standard InChI is InChI=1S/C26H29N3O6/c1-33-20-9-3-6-17(23(20)34-2)16-29-24(30)18-7-4-8-19(22(18)26(29)32)27-11-13-28(14-12-27)25(31)21-10-5-15-35-21/h3-4,6-9,21H,5,10-16H2,1-2H3. The summed E-state index contributed by atoms with van der Waals surface area (Å²) in [5, 5.41) is 0. The molecule has 9 nitrogen and oxygen atoms in total. The van der Waals surface area contributed by atoms with E-state index >= 15 is 0 Å². The van der Waals surface area contributed by atoms with E-state index in [1.807, 2.05) is 17.0 Å². The van der Waals surface area contributed by atoms with Gasteiger partial charge in [-0.2, -0.15) is 0 Å². The van der Waals surface area contributed by atoms with Gasteiger partial charge >= 0.3 is 0 Å². The summed E-state index contributed by atoms with van der Waals surface area (Å²) in [7, 11) is 3.08. The van der Waals surface area contributed by atoms with Crippen LogP contribution in [-0.2, 0) is 16.1 Å². The Morgan fingerprint density at radius 3 is 2.46 bits per heavy atom. The number of imide groups is 1. The van der Waals surface area contributed by atoms with Crippen LogP contribution in [0.25, 0.3) is 0 Å². The Hall–Kier alpha value is -3.59. The van der Waals surface area contributed by atoms with Gasteiger partial charge in [-0.1, -0.05) is 18.2 Å². The summed E-state index contributed by atoms with van der Waals surface area (Å²) in [5.74, 6) is 0.425. The molecule has 184 valence electrons. The molecule has 0 N–H and O–H groups in total. The number of carbonyl (C=O) groups excluding carboxylic acids is 3. The molecule has 3 heterocycles. The van der Waals surface area contributed by atoms with E-state index in [-0.39, 0.29) is 30.4 Å². The van der Waals surface area contributed by atoms with Crippen LogP contribution in [0.1, 0.15) is 39.1 Å². The molecule has 3 amide bonds. The van der Waals surface area contributed by atoms with Crippen molar-refractivity contribution < 1.29 is 28.6 Å². The largest absolute Gasteiger partial charge is 0.493 e. The molecule has 1 unspecified atom stereocenters. The highest BCUT2D eigenvalue weighted by Crippen LogP contribution is 2.36. The number of hydrogen-bond acceptors (Lipinski definition) is 7. The van der Waals surface area contributed by atoms with Gasteiger partial charge in [-0.25, -0.2) is 0 Å². The first-order valence-electron chi connectivity index (χ1n) is 11.9. The maximum Gasteiger partial charge on any atom is 0.263 e. The summed E-state index contributed by atoms with van der Waals surface area (Å²) in [6.07, 6.45) is 1.36. The van der Waals surface area contributed by atoms with Crippen molar-refractivity contribution >= 4 is 23.4 Å². The lowest BCUT2D eigenvalue weighted by molar-refractivity contribution is -0.141. The maximum atomic E-state index is 13.5. The van der Waals surface area contributed by atoms with Gasteiger partial charge in [0.1, 0.15) is 6.10 Å². The summed E-state index contributed by atoms with van der Waals surface area (Å²) in [6, 6.07) is 10.8. The molecule has 3 aliphatic rings. The number of anilines is 1. The molecule has 35 heavy (non-hydrogen) atoms. The summed E-state index contributed by atoms with van der Waals surface area (Å²) in [4.78, 5) is 44.6. The minimum atomic E-state index is -0.330. The average molecular weight is 480 g/mol. The highest BCUT2D eigenvalue weighted by Gasteiger charge is 2.39. The van der Waals surface area contributed by atoms with Crippen molar-refractivity contribution in [2.45, 2.75) is 25.5 Å². The summed E-state index contributed by atoms with van der Waals surface area (Å²) in [5.41, 5.74) is 2.22. The highest BCUT2D eigenvalue weighted by atomic mass is 16.5. The van der Waals surface area contributed by atoms with Crippen molar-refractivity contribution in [2.24, 2.45) is 0 Å². The number of hydrogen-bond donors (Lipinski definition) is 0. The second kappa shape index (κ2) is 9.58. The van der Waals surface area contributed by atoms with Crippen molar-refractivity contribution in [3.8, 4) is 11.5 Å². The molecule has 1 atom stereocenters. The van der Waals surface area contributed by atoms with Crippen LogP contribution in [0.15, 0.2) is 36.4 Å². The van der Waals surface area contributed by atoms with Crippen LogP contribution in [0.3, 0.4) is 0 Å². The smallest absolute Gasteiger partial charge is 0.263 e. The van der Waals surface area contributed by atoms with E-state index in [4.69, 9.17) is 14.2 Å². The number of fused-ring (bicyclic) bond motifs is 1. The minimum absolute atomic E-state index is 0.0464. The number of nitrogens with zero attached hydrogens (tertiary/aromatic N) is 3. The molecule has 0 spiro atoms. The van der Waals surface area contributed by atoms with Crippen molar-refractivity contribution in [1.29, 1.82) is 0 Å². The van der Waals surface area contributed by atoms with Crippen molar-refractivity contribution in [1.82, 2.24) is 9.80 Å². The molecular weight excluding hydrogens is 450 g/mol. The van der Waals surface area contributed by atoms with Gasteiger partial charge in [0.05, 0.1) is 37.6 Å². The number of piperazine rings is 1. The molecule has 9 heteroatoms. The second-order valence-electron chi connectivity index (χ2n) is 8.86. The predicted molar refractivity (Wildman–Crippen MR) is 128 cm³/mol. The Kier molecular flexibility index (Phi) is 6.34. The molecule has 5 rings (SSSR count). The Balaban J connectivity index is 1.35. The Labute approximate surface area is 204 Å². The van der Waals surface area contributed by atoms with E-state index in [0.29, 0.717) is 61.0 Å². The molecule has 0 bridgehead atoms. The third kappa shape index (κ3) is 4.10. The highest BCUT2D eigenvalue weighted by molar-refractivity contribution is 6.23. The van der Waals surface area contributed by atoms with E-state index in [0.717, 1.165) is 18.5 Å². The van der Waals surface area contributed by atoms with Crippen LogP contribution in [0.2, 0.25) is 0 Å². The Morgan fingerprint density at radius 2 is 1.77 bits per heavy atom. The molecule has 0 radical (unpaired) electrons. The van der Waals surface area contributed by atoms with Gasteiger partial charge < -0.3 is 24.0 Å². The van der Waals surface area contributed by atoms with Crippen LogP contribution in [0.4, 0.5) is 5.69 Å². The molecule has 0 saturated carbocycles. The van der Waals surface area contributed by atoms with Gasteiger partial charge in [0.2, 0.25) is 0 Å². The summed E-state index contributed by atoms with van der Waals surface area (Å²) >= 11 is 0. The zero-order valence-electron chi connectivity index (χ0n) is 20.0. The quantitative estimate of drug-likeness (QED) is 0.588. The molecule has 2 aromatic rings. The van der Waals surface area contributed by atoms with Crippen LogP contribution in [0, 0.1) is 0 Å². The number of carbonyl (C=O) groups is 3. The van der Waals surface area contributed by atoms with Gasteiger partial charge in [-0.05, 0) is 31.0 Å². The number of methoxy groups -OCH3 is 2. The SMILES string of the molecule is COc1cccc(CN2C(=O)c3cccc(N4CCN(C(=O)C5CCCO5)CC4)c3C2=O)c1OC. The van der Waals surface area contributed by atoms with Crippen LogP contribution < -0.4 is 14.4 Å². The lowest BCUT2D eigenvalue weighted by Crippen LogP contribution is -2.51. The monoisotopic (exact) mass is 479 g/mol. The molecule has 0 aromatic heterocycles. The maximum absolute atomic E-state index is 13.5. The Morgan fingerprint density at radius 1 is 1.00 bits per heavy atom. The minimum Gasteiger partial charge on any atom is -0.493 e. The first-order valence-corrected chi connectivity index (χ1v) is 11.9. The van der Waals surface area contributed by atoms with Crippen molar-refractivity contribution in [2.75, 3.05) is 51.9 Å². The van der Waals surface area contributed by atoms with Crippen LogP contribution in [0.5, 0.6) is 11.5 Å². The van der Waals surface area contributed by atoms with E-state index in [2.05, 4.69) is 4.90 Å². The first kappa shape index (κ1) is 23.2. The molecule has 3 aliphatic heterocycles. The molecule has 2 saturated heterocycles. The second-order valence-corrected chi connectivity index (χ2v) is 8.86. The van der Waals surface area contributed by atoms with E-state index in [1.54, 1.807) is 31.4 Å². The van der Waals surface area contributed by atoms with Crippen LogP contribution >= 0.6 is 0 Å². The lowest BCUT2D eigenvalue weighted by Gasteiger charge is -2.37. The number of rotatable bonds is 6. The fourth-order valence-corrected chi connectivity index (χ4v) is 5.12.